The van der Waals surface area contributed by atoms with E-state index in [-0.39, 0.29) is 24.1 Å². The largest absolute Gasteiger partial charge is 0.496 e. The van der Waals surface area contributed by atoms with E-state index >= 15 is 0 Å². The van der Waals surface area contributed by atoms with Gasteiger partial charge in [0.05, 0.1) is 24.8 Å². The maximum Gasteiger partial charge on any atom is 0.410 e. The van der Waals surface area contributed by atoms with Crippen LogP contribution in [0.15, 0.2) is 22.7 Å². The first-order valence-electron chi connectivity index (χ1n) is 8.33. The molecule has 0 spiro atoms. The molecule has 3 rings (SSSR count). The van der Waals surface area contributed by atoms with Crippen LogP contribution in [-0.2, 0) is 4.74 Å². The second-order valence-corrected chi connectivity index (χ2v) is 8.39. The van der Waals surface area contributed by atoms with Crippen molar-refractivity contribution < 1.29 is 19.1 Å². The fourth-order valence-electron chi connectivity index (χ4n) is 3.46. The van der Waals surface area contributed by atoms with Gasteiger partial charge in [0.25, 0.3) is 5.91 Å². The molecule has 0 aromatic heterocycles. The predicted octanol–water partition coefficient (Wildman–Crippen LogP) is 3.29. The van der Waals surface area contributed by atoms with Gasteiger partial charge in [0.2, 0.25) is 0 Å². The van der Waals surface area contributed by atoms with Crippen molar-refractivity contribution in [3.8, 4) is 5.75 Å². The highest BCUT2D eigenvalue weighted by molar-refractivity contribution is 9.10. The molecule has 1 aromatic carbocycles. The maximum atomic E-state index is 12.9. The average Bonchev–Trinajstić information content (AvgIpc) is 3.12. The summed E-state index contributed by atoms with van der Waals surface area (Å²) in [6.45, 7) is 6.62. The van der Waals surface area contributed by atoms with Gasteiger partial charge in [0, 0.05) is 17.6 Å². The van der Waals surface area contributed by atoms with Gasteiger partial charge in [-0.25, -0.2) is 4.79 Å². The van der Waals surface area contributed by atoms with Gasteiger partial charge in [-0.05, 0) is 45.4 Å². The van der Waals surface area contributed by atoms with E-state index in [9.17, 15) is 9.59 Å². The molecule has 2 bridgehead atoms. The number of amides is 2. The van der Waals surface area contributed by atoms with Crippen LogP contribution in [0.2, 0.25) is 0 Å². The highest BCUT2D eigenvalue weighted by Gasteiger charge is 2.48. The van der Waals surface area contributed by atoms with E-state index in [1.54, 1.807) is 24.1 Å². The SMILES string of the molecule is COc1cc(Br)ccc1C(=O)N1C[C@@H]2C[C@H]1CN2C(=O)OC(C)(C)C. The van der Waals surface area contributed by atoms with Crippen molar-refractivity contribution in [2.75, 3.05) is 20.2 Å². The quantitative estimate of drug-likeness (QED) is 0.750. The number of halogens is 1. The van der Waals surface area contributed by atoms with Gasteiger partial charge in [-0.15, -0.1) is 0 Å². The molecule has 1 aromatic rings. The van der Waals surface area contributed by atoms with Crippen molar-refractivity contribution in [3.63, 3.8) is 0 Å². The minimum Gasteiger partial charge on any atom is -0.496 e. The zero-order chi connectivity index (χ0) is 18.4. The van der Waals surface area contributed by atoms with Crippen LogP contribution in [0.5, 0.6) is 5.75 Å². The number of hydrogen-bond acceptors (Lipinski definition) is 4. The zero-order valence-electron chi connectivity index (χ0n) is 14.9. The molecule has 0 N–H and O–H groups in total. The standard InChI is InChI=1S/C18H23BrN2O4/c1-18(2,3)25-17(23)21-10-12-8-13(21)9-20(12)16(22)14-6-5-11(19)7-15(14)24-4/h5-7,12-13H,8-10H2,1-4H3/t12-,13-/m0/s1. The fraction of sp³-hybridized carbons (Fsp3) is 0.556. The first kappa shape index (κ1) is 18.0. The molecule has 0 unspecified atom stereocenters. The van der Waals surface area contributed by atoms with E-state index in [4.69, 9.17) is 9.47 Å². The highest BCUT2D eigenvalue weighted by atomic mass is 79.9. The zero-order valence-corrected chi connectivity index (χ0v) is 16.5. The molecular formula is C18H23BrN2O4. The molecule has 2 fully saturated rings. The van der Waals surface area contributed by atoms with Crippen LogP contribution in [0.3, 0.4) is 0 Å². The summed E-state index contributed by atoms with van der Waals surface area (Å²) in [5.74, 6) is 0.492. The highest BCUT2D eigenvalue weighted by Crippen LogP contribution is 2.34. The van der Waals surface area contributed by atoms with Crippen LogP contribution in [0.1, 0.15) is 37.6 Å². The van der Waals surface area contributed by atoms with Gasteiger partial charge in [0.15, 0.2) is 0 Å². The lowest BCUT2D eigenvalue weighted by atomic mass is 10.1. The van der Waals surface area contributed by atoms with Gasteiger partial charge < -0.3 is 19.3 Å². The van der Waals surface area contributed by atoms with Gasteiger partial charge in [-0.2, -0.15) is 0 Å². The number of fused-ring (bicyclic) bond motifs is 2. The van der Waals surface area contributed by atoms with E-state index in [0.717, 1.165) is 10.9 Å². The van der Waals surface area contributed by atoms with Crippen molar-refractivity contribution in [1.82, 2.24) is 9.80 Å². The Balaban J connectivity index is 1.71. The Labute approximate surface area is 156 Å². The number of rotatable bonds is 2. The minimum atomic E-state index is -0.515. The molecule has 25 heavy (non-hydrogen) atoms. The lowest BCUT2D eigenvalue weighted by Crippen LogP contribution is -2.51. The van der Waals surface area contributed by atoms with Gasteiger partial charge in [0.1, 0.15) is 11.4 Å². The summed E-state index contributed by atoms with van der Waals surface area (Å²) in [7, 11) is 1.55. The van der Waals surface area contributed by atoms with Crippen LogP contribution >= 0.6 is 15.9 Å². The van der Waals surface area contributed by atoms with Crippen molar-refractivity contribution in [2.24, 2.45) is 0 Å². The molecule has 6 nitrogen and oxygen atoms in total. The first-order chi connectivity index (χ1) is 11.7. The van der Waals surface area contributed by atoms with Gasteiger partial charge in [-0.3, -0.25) is 4.79 Å². The third-order valence-electron chi connectivity index (χ3n) is 4.52. The third-order valence-corrected chi connectivity index (χ3v) is 5.02. The number of hydrogen-bond donors (Lipinski definition) is 0. The topological polar surface area (TPSA) is 59.1 Å². The first-order valence-corrected chi connectivity index (χ1v) is 9.13. The van der Waals surface area contributed by atoms with Crippen LogP contribution < -0.4 is 4.74 Å². The van der Waals surface area contributed by atoms with Gasteiger partial charge >= 0.3 is 6.09 Å². The summed E-state index contributed by atoms with van der Waals surface area (Å²) in [6, 6.07) is 5.43. The molecule has 136 valence electrons. The number of likely N-dealkylation sites (tertiary alicyclic amines) is 2. The summed E-state index contributed by atoms with van der Waals surface area (Å²) in [5.41, 5.74) is 0.0289. The molecular weight excluding hydrogens is 388 g/mol. The van der Waals surface area contributed by atoms with Crippen LogP contribution in [0, 0.1) is 0 Å². The summed E-state index contributed by atoms with van der Waals surface area (Å²) in [5, 5.41) is 0. The summed E-state index contributed by atoms with van der Waals surface area (Å²) in [4.78, 5) is 28.8. The monoisotopic (exact) mass is 410 g/mol. The van der Waals surface area contributed by atoms with E-state index in [1.165, 1.54) is 0 Å². The number of methoxy groups -OCH3 is 1. The van der Waals surface area contributed by atoms with E-state index < -0.39 is 5.60 Å². The number of ether oxygens (including phenoxy) is 2. The van der Waals surface area contributed by atoms with Crippen LogP contribution in [0.4, 0.5) is 4.79 Å². The van der Waals surface area contributed by atoms with E-state index in [1.807, 2.05) is 31.7 Å². The molecule has 2 heterocycles. The minimum absolute atomic E-state index is 0.0187. The van der Waals surface area contributed by atoms with Crippen molar-refractivity contribution in [2.45, 2.75) is 44.9 Å². The Hall–Kier alpha value is -1.76. The lowest BCUT2D eigenvalue weighted by molar-refractivity contribution is 0.0126. The number of carbonyl (C=O) groups excluding carboxylic acids is 2. The second-order valence-electron chi connectivity index (χ2n) is 7.48. The molecule has 0 saturated carbocycles. The molecule has 2 amide bonds. The Bertz CT molecular complexity index is 701. The Morgan fingerprint density at radius 2 is 1.80 bits per heavy atom. The van der Waals surface area contributed by atoms with Crippen molar-refractivity contribution >= 4 is 27.9 Å². The van der Waals surface area contributed by atoms with Crippen molar-refractivity contribution in [1.29, 1.82) is 0 Å². The van der Waals surface area contributed by atoms with E-state index in [2.05, 4.69) is 15.9 Å². The molecule has 2 saturated heterocycles. The summed E-state index contributed by atoms with van der Waals surface area (Å²) in [6.07, 6.45) is 0.498. The average molecular weight is 411 g/mol. The molecule has 2 aliphatic heterocycles. The molecule has 7 heteroatoms. The third kappa shape index (κ3) is 3.61. The van der Waals surface area contributed by atoms with Crippen LogP contribution in [0.25, 0.3) is 0 Å². The van der Waals surface area contributed by atoms with Crippen LogP contribution in [-0.4, -0.2) is 59.7 Å². The normalized spacial score (nSPS) is 22.3. The Morgan fingerprint density at radius 1 is 1.16 bits per heavy atom. The molecule has 0 radical (unpaired) electrons. The number of piperazine rings is 1. The Kier molecular flexibility index (Phi) is 4.70. The Morgan fingerprint density at radius 3 is 2.36 bits per heavy atom. The lowest BCUT2D eigenvalue weighted by Gasteiger charge is -2.35. The second kappa shape index (κ2) is 6.52. The smallest absolute Gasteiger partial charge is 0.410 e. The number of carbonyl (C=O) groups is 2. The van der Waals surface area contributed by atoms with Crippen molar-refractivity contribution in [3.05, 3.63) is 28.2 Å². The number of benzene rings is 1. The predicted molar refractivity (Wildman–Crippen MR) is 96.9 cm³/mol. The van der Waals surface area contributed by atoms with E-state index in [0.29, 0.717) is 24.4 Å². The summed E-state index contributed by atoms with van der Waals surface area (Å²) < 4.78 is 11.7. The maximum absolute atomic E-state index is 12.9. The van der Waals surface area contributed by atoms with Gasteiger partial charge in [-0.1, -0.05) is 15.9 Å². The molecule has 2 aliphatic rings. The summed E-state index contributed by atoms with van der Waals surface area (Å²) >= 11 is 3.39. The molecule has 2 atom stereocenters. The fourth-order valence-corrected chi connectivity index (χ4v) is 3.80. The number of nitrogens with zero attached hydrogens (tertiary/aromatic N) is 2. The molecule has 0 aliphatic carbocycles.